The highest BCUT2D eigenvalue weighted by molar-refractivity contribution is 6.39. The number of piperidine rings is 1. The van der Waals surface area contributed by atoms with Crippen molar-refractivity contribution in [3.63, 3.8) is 0 Å². The van der Waals surface area contributed by atoms with Crippen molar-refractivity contribution in [3.8, 4) is 0 Å². The van der Waals surface area contributed by atoms with E-state index in [0.717, 1.165) is 5.56 Å². The van der Waals surface area contributed by atoms with Gasteiger partial charge in [0.1, 0.15) is 0 Å². The minimum absolute atomic E-state index is 0.445. The van der Waals surface area contributed by atoms with E-state index in [1.165, 1.54) is 4.90 Å². The zero-order chi connectivity index (χ0) is 16.4. The van der Waals surface area contributed by atoms with Gasteiger partial charge in [-0.2, -0.15) is 0 Å². The lowest BCUT2D eigenvalue weighted by molar-refractivity contribution is -0.187. The molecule has 6 nitrogen and oxygen atoms in total. The number of aryl methyl sites for hydroxylation is 1. The van der Waals surface area contributed by atoms with Crippen molar-refractivity contribution in [2.24, 2.45) is 0 Å². The Morgan fingerprint density at radius 3 is 2.48 bits per heavy atom. The van der Waals surface area contributed by atoms with Gasteiger partial charge in [0.2, 0.25) is 0 Å². The van der Waals surface area contributed by atoms with Crippen molar-refractivity contribution in [2.75, 3.05) is 31.6 Å². The van der Waals surface area contributed by atoms with Crippen LogP contribution in [0.15, 0.2) is 18.2 Å². The number of benzene rings is 1. The Balaban J connectivity index is 1.57. The molecule has 2 amide bonds. The van der Waals surface area contributed by atoms with Crippen LogP contribution >= 0.6 is 11.6 Å². The number of ether oxygens (including phenoxy) is 2. The second-order valence-corrected chi connectivity index (χ2v) is 6.23. The molecule has 23 heavy (non-hydrogen) atoms. The molecule has 2 heterocycles. The zero-order valence-electron chi connectivity index (χ0n) is 12.9. The monoisotopic (exact) mass is 338 g/mol. The Morgan fingerprint density at radius 2 is 1.87 bits per heavy atom. The number of nitrogens with one attached hydrogen (secondary N) is 1. The summed E-state index contributed by atoms with van der Waals surface area (Å²) in [6, 6.07) is 5.15. The average Bonchev–Trinajstić information content (AvgIpc) is 2.99. The third kappa shape index (κ3) is 3.49. The summed E-state index contributed by atoms with van der Waals surface area (Å²) in [7, 11) is 0. The highest BCUT2D eigenvalue weighted by Gasteiger charge is 2.41. The maximum Gasteiger partial charge on any atom is 0.313 e. The predicted molar refractivity (Wildman–Crippen MR) is 85.3 cm³/mol. The molecule has 2 fully saturated rings. The molecule has 3 rings (SSSR count). The molecule has 1 N–H and O–H groups in total. The molecule has 1 aromatic rings. The van der Waals surface area contributed by atoms with E-state index in [4.69, 9.17) is 21.1 Å². The second kappa shape index (κ2) is 6.47. The molecule has 1 spiro atoms. The molecule has 0 unspecified atom stereocenters. The van der Waals surface area contributed by atoms with Crippen LogP contribution in [0.1, 0.15) is 18.4 Å². The van der Waals surface area contributed by atoms with Gasteiger partial charge in [-0.25, -0.2) is 0 Å². The van der Waals surface area contributed by atoms with Gasteiger partial charge in [-0.05, 0) is 24.6 Å². The van der Waals surface area contributed by atoms with Crippen LogP contribution in [0.3, 0.4) is 0 Å². The lowest BCUT2D eigenvalue weighted by Gasteiger charge is -2.37. The fourth-order valence-electron chi connectivity index (χ4n) is 2.83. The normalized spacial score (nSPS) is 19.8. The molecule has 0 saturated carbocycles. The molecule has 124 valence electrons. The summed E-state index contributed by atoms with van der Waals surface area (Å²) in [5.74, 6) is -1.76. The number of rotatable bonds is 1. The first-order chi connectivity index (χ1) is 11.0. The summed E-state index contributed by atoms with van der Waals surface area (Å²) in [4.78, 5) is 25.9. The molecule has 0 bridgehead atoms. The van der Waals surface area contributed by atoms with Gasteiger partial charge in [-0.15, -0.1) is 0 Å². The minimum Gasteiger partial charge on any atom is -0.347 e. The van der Waals surface area contributed by atoms with Crippen LogP contribution in [0.5, 0.6) is 0 Å². The van der Waals surface area contributed by atoms with E-state index >= 15 is 0 Å². The Kier molecular flexibility index (Phi) is 4.57. The fourth-order valence-corrected chi connectivity index (χ4v) is 3.02. The number of amides is 2. The lowest BCUT2D eigenvalue weighted by Crippen LogP contribution is -2.50. The summed E-state index contributed by atoms with van der Waals surface area (Å²) >= 11 is 6.02. The van der Waals surface area contributed by atoms with E-state index in [1.807, 2.05) is 6.92 Å². The number of hydrogen-bond acceptors (Lipinski definition) is 4. The number of carbonyl (C=O) groups excluding carboxylic acids is 2. The van der Waals surface area contributed by atoms with Crippen LogP contribution in [0.25, 0.3) is 0 Å². The quantitative estimate of drug-likeness (QED) is 0.795. The minimum atomic E-state index is -0.658. The fraction of sp³-hybridized carbons (Fsp3) is 0.500. The van der Waals surface area contributed by atoms with Crippen LogP contribution in [0.2, 0.25) is 5.02 Å². The van der Waals surface area contributed by atoms with Crippen LogP contribution < -0.4 is 5.32 Å². The predicted octanol–water partition coefficient (Wildman–Crippen LogP) is 1.95. The van der Waals surface area contributed by atoms with Gasteiger partial charge < -0.3 is 19.7 Å². The number of hydrogen-bond donors (Lipinski definition) is 1. The lowest BCUT2D eigenvalue weighted by atomic mass is 10.0. The van der Waals surface area contributed by atoms with Crippen molar-refractivity contribution in [3.05, 3.63) is 28.8 Å². The molecule has 1 aromatic carbocycles. The molecule has 0 atom stereocenters. The van der Waals surface area contributed by atoms with E-state index < -0.39 is 17.6 Å². The van der Waals surface area contributed by atoms with Crippen LogP contribution in [0, 0.1) is 6.92 Å². The van der Waals surface area contributed by atoms with Gasteiger partial charge in [0.25, 0.3) is 0 Å². The first kappa shape index (κ1) is 16.2. The van der Waals surface area contributed by atoms with Crippen LogP contribution in [-0.4, -0.2) is 48.8 Å². The first-order valence-electron chi connectivity index (χ1n) is 7.63. The van der Waals surface area contributed by atoms with E-state index in [-0.39, 0.29) is 0 Å². The summed E-state index contributed by atoms with van der Waals surface area (Å²) in [6.45, 7) is 3.93. The van der Waals surface area contributed by atoms with Crippen molar-refractivity contribution < 1.29 is 19.1 Å². The van der Waals surface area contributed by atoms with E-state index in [2.05, 4.69) is 5.32 Å². The second-order valence-electron chi connectivity index (χ2n) is 5.82. The van der Waals surface area contributed by atoms with Gasteiger partial charge in [-0.1, -0.05) is 17.7 Å². The molecule has 2 saturated heterocycles. The Hall–Kier alpha value is -1.63. The van der Waals surface area contributed by atoms with E-state index in [0.29, 0.717) is 49.9 Å². The highest BCUT2D eigenvalue weighted by atomic mass is 35.5. The summed E-state index contributed by atoms with van der Waals surface area (Å²) < 4.78 is 11.2. The number of carbonyl (C=O) groups is 2. The molecular weight excluding hydrogens is 320 g/mol. The average molecular weight is 339 g/mol. The van der Waals surface area contributed by atoms with E-state index in [9.17, 15) is 9.59 Å². The van der Waals surface area contributed by atoms with Gasteiger partial charge in [0.15, 0.2) is 5.79 Å². The SMILES string of the molecule is Cc1ccc(NC(=O)C(=O)N2CCC3(CC2)OCCO3)cc1Cl. The summed E-state index contributed by atoms with van der Waals surface area (Å²) in [6.07, 6.45) is 1.17. The third-order valence-corrected chi connectivity index (χ3v) is 4.66. The smallest absolute Gasteiger partial charge is 0.313 e. The number of halogens is 1. The van der Waals surface area contributed by atoms with E-state index in [1.54, 1.807) is 18.2 Å². The summed E-state index contributed by atoms with van der Waals surface area (Å²) in [5.41, 5.74) is 1.42. The maximum absolute atomic E-state index is 12.3. The molecule has 2 aliphatic heterocycles. The number of likely N-dealkylation sites (tertiary alicyclic amines) is 1. The molecule has 2 aliphatic rings. The van der Waals surface area contributed by atoms with Gasteiger partial charge >= 0.3 is 11.8 Å². The van der Waals surface area contributed by atoms with Crippen LogP contribution in [-0.2, 0) is 19.1 Å². The van der Waals surface area contributed by atoms with Crippen molar-refractivity contribution in [1.82, 2.24) is 4.90 Å². The topological polar surface area (TPSA) is 67.9 Å². The number of anilines is 1. The molecular formula is C16H19ClN2O4. The standard InChI is InChI=1S/C16H19ClN2O4/c1-11-2-3-12(10-13(11)17)18-14(20)15(21)19-6-4-16(5-7-19)22-8-9-23-16/h2-3,10H,4-9H2,1H3,(H,18,20). The van der Waals surface area contributed by atoms with Crippen molar-refractivity contribution in [1.29, 1.82) is 0 Å². The Labute approximate surface area is 139 Å². The Morgan fingerprint density at radius 1 is 1.22 bits per heavy atom. The highest BCUT2D eigenvalue weighted by Crippen LogP contribution is 2.31. The maximum atomic E-state index is 12.3. The van der Waals surface area contributed by atoms with Gasteiger partial charge in [-0.3, -0.25) is 9.59 Å². The molecule has 0 radical (unpaired) electrons. The summed E-state index contributed by atoms with van der Waals surface area (Å²) in [5, 5.41) is 3.14. The number of nitrogens with zero attached hydrogens (tertiary/aromatic N) is 1. The van der Waals surface area contributed by atoms with Crippen molar-refractivity contribution >= 4 is 29.1 Å². The third-order valence-electron chi connectivity index (χ3n) is 4.25. The van der Waals surface area contributed by atoms with Gasteiger partial charge in [0.05, 0.1) is 13.2 Å². The first-order valence-corrected chi connectivity index (χ1v) is 8.01. The molecule has 0 aromatic heterocycles. The van der Waals surface area contributed by atoms with Crippen LogP contribution in [0.4, 0.5) is 5.69 Å². The molecule has 0 aliphatic carbocycles. The zero-order valence-corrected chi connectivity index (χ0v) is 13.7. The van der Waals surface area contributed by atoms with Gasteiger partial charge in [0, 0.05) is 36.6 Å². The largest absolute Gasteiger partial charge is 0.347 e. The van der Waals surface area contributed by atoms with Crippen molar-refractivity contribution in [2.45, 2.75) is 25.6 Å². The Bertz CT molecular complexity index is 619. The molecule has 7 heteroatoms.